The van der Waals surface area contributed by atoms with Crippen LogP contribution in [0.5, 0.6) is 0 Å². The molecule has 3 aromatic heterocycles. The van der Waals surface area contributed by atoms with Gasteiger partial charge in [-0.25, -0.2) is 34.7 Å². The molecule has 7 aromatic rings. The van der Waals surface area contributed by atoms with Gasteiger partial charge in [0.15, 0.2) is 23.3 Å². The highest BCUT2D eigenvalue weighted by Crippen LogP contribution is 2.41. The van der Waals surface area contributed by atoms with Crippen LogP contribution in [0.1, 0.15) is 110 Å². The Labute approximate surface area is 474 Å². The number of carbonyl (C=O) groups is 9. The zero-order valence-corrected chi connectivity index (χ0v) is 44.8. The van der Waals surface area contributed by atoms with Gasteiger partial charge in [-0.2, -0.15) is 0 Å². The van der Waals surface area contributed by atoms with Crippen molar-refractivity contribution in [2.75, 3.05) is 0 Å². The lowest BCUT2D eigenvalue weighted by Crippen LogP contribution is -2.31. The van der Waals surface area contributed by atoms with Crippen molar-refractivity contribution in [3.05, 3.63) is 93.5 Å². The minimum absolute atomic E-state index is 0.0146. The topological polar surface area (TPSA) is 396 Å². The third kappa shape index (κ3) is 12.6. The van der Waals surface area contributed by atoms with Gasteiger partial charge < -0.3 is 45.4 Å². The van der Waals surface area contributed by atoms with E-state index >= 15 is 0 Å². The lowest BCUT2D eigenvalue weighted by Gasteiger charge is -2.12. The Kier molecular flexibility index (Phi) is 16.3. The molecule has 8 bridgehead atoms. The summed E-state index contributed by atoms with van der Waals surface area (Å²) in [6.07, 6.45) is -0.462. The summed E-state index contributed by atoms with van der Waals surface area (Å²) in [6.45, 7) is 0. The van der Waals surface area contributed by atoms with E-state index in [9.17, 15) is 73.8 Å². The van der Waals surface area contributed by atoms with Crippen LogP contribution in [0, 0.1) is 0 Å². The van der Waals surface area contributed by atoms with Crippen molar-refractivity contribution >= 4 is 97.7 Å². The van der Waals surface area contributed by atoms with Crippen molar-refractivity contribution in [2.24, 2.45) is 0 Å². The molecule has 1 saturated heterocycles. The Morgan fingerprint density at radius 3 is 1.06 bits per heavy atom. The van der Waals surface area contributed by atoms with E-state index in [1.165, 1.54) is 0 Å². The Bertz CT molecular complexity index is 4130. The van der Waals surface area contributed by atoms with Gasteiger partial charge in [-0.15, -0.1) is 5.06 Å². The molecule has 10 rings (SSSR count). The van der Waals surface area contributed by atoms with Crippen LogP contribution in [-0.4, -0.2) is 129 Å². The summed E-state index contributed by atoms with van der Waals surface area (Å²) in [5, 5.41) is 61.2. The maximum Gasteiger partial charge on any atom is 0.333 e. The second kappa shape index (κ2) is 24.0. The fourth-order valence-electron chi connectivity index (χ4n) is 10.7. The quantitative estimate of drug-likeness (QED) is 0.0217. The van der Waals surface area contributed by atoms with Gasteiger partial charge in [0.05, 0.1) is 0 Å². The average Bonchev–Trinajstić information content (AvgIpc) is 1.93. The number of hydrogen-bond acceptors (Lipinski definition) is 16. The molecule has 8 N–H and O–H groups in total. The number of amides is 2. The smallest absolute Gasteiger partial charge is 0.333 e. The van der Waals surface area contributed by atoms with Crippen LogP contribution in [0.3, 0.4) is 0 Å². The van der Waals surface area contributed by atoms with Crippen LogP contribution in [0.2, 0.25) is 0 Å². The fourth-order valence-corrected chi connectivity index (χ4v) is 10.7. The van der Waals surface area contributed by atoms with E-state index < -0.39 is 53.6 Å². The molecule has 3 aliphatic heterocycles. The minimum atomic E-state index is -1.09. The normalized spacial score (nSPS) is 12.6. The standard InChI is InChI=1S/C59H53N9O16/c69-43-13-14-44(70)68(43)84-51(83)4-2-1-3-28-5-12-35-36(21-28)53-60-52(35)61-54-37-22-29(6-15-45(71)72)30(7-16-46(73)74)23-38(37)56(63-54)65-58-41-26-33(10-19-49(79)80)34(11-20-50(81)82)27-42(41)59(67-58)66-57-40-25-32(9-18-48(77)78)31(8-17-47(75)76)24-39(40)55(62-53)64-57/h5,12,21-27H,1-4,6-11,13-20H2,(H,71,72)(H,73,74)(H,75,76)(H,77,78)(H,79,80)(H,81,82)(H2,60,61,62,63,64,65,66,67). The molecule has 0 radical (unpaired) electrons. The molecule has 25 nitrogen and oxygen atoms in total. The first-order valence-electron chi connectivity index (χ1n) is 27.1. The monoisotopic (exact) mass is 1140 g/mol. The number of benzene rings is 4. The molecule has 0 unspecified atom stereocenters. The third-order valence-corrected chi connectivity index (χ3v) is 14.8. The summed E-state index contributed by atoms with van der Waals surface area (Å²) in [4.78, 5) is 151. The van der Waals surface area contributed by atoms with Crippen molar-refractivity contribution in [2.45, 2.75) is 116 Å². The van der Waals surface area contributed by atoms with E-state index in [2.05, 4.69) is 9.97 Å². The molecule has 84 heavy (non-hydrogen) atoms. The Balaban J connectivity index is 1.24. The zero-order valence-electron chi connectivity index (χ0n) is 44.8. The maximum absolute atomic E-state index is 12.7. The van der Waals surface area contributed by atoms with Gasteiger partial charge in [-0.3, -0.25) is 38.4 Å². The molecule has 3 aliphatic rings. The number of rotatable bonds is 24. The molecule has 0 atom stereocenters. The number of H-pyrrole nitrogens is 2. The number of aryl methyl sites for hydroxylation is 7. The van der Waals surface area contributed by atoms with E-state index in [4.69, 9.17) is 34.7 Å². The van der Waals surface area contributed by atoms with Crippen LogP contribution in [0.4, 0.5) is 0 Å². The summed E-state index contributed by atoms with van der Waals surface area (Å²) >= 11 is 0. The Morgan fingerprint density at radius 2 is 0.714 bits per heavy atom. The van der Waals surface area contributed by atoms with E-state index in [-0.39, 0.29) is 142 Å². The fraction of sp³-hybridized carbons (Fsp3) is 0.305. The number of unbranched alkanes of at least 4 members (excludes halogenated alkanes) is 1. The molecule has 0 saturated carbocycles. The number of carboxylic acids is 6. The van der Waals surface area contributed by atoms with Crippen molar-refractivity contribution in [3.63, 3.8) is 0 Å². The van der Waals surface area contributed by atoms with Crippen LogP contribution < -0.4 is 0 Å². The lowest BCUT2D eigenvalue weighted by atomic mass is 9.93. The van der Waals surface area contributed by atoms with E-state index in [1.807, 2.05) is 18.2 Å². The molecule has 2 amide bonds. The molecule has 1 fully saturated rings. The number of aliphatic carboxylic acids is 6. The van der Waals surface area contributed by atoms with E-state index in [0.717, 1.165) is 5.56 Å². The lowest BCUT2D eigenvalue weighted by molar-refractivity contribution is -0.197. The van der Waals surface area contributed by atoms with Crippen molar-refractivity contribution in [3.8, 4) is 45.6 Å². The van der Waals surface area contributed by atoms with Gasteiger partial charge in [-0.1, -0.05) is 12.1 Å². The van der Waals surface area contributed by atoms with Gasteiger partial charge in [0.1, 0.15) is 22.6 Å². The van der Waals surface area contributed by atoms with Gasteiger partial charge in [0.25, 0.3) is 11.8 Å². The third-order valence-electron chi connectivity index (χ3n) is 14.8. The van der Waals surface area contributed by atoms with E-state index in [1.54, 1.807) is 36.4 Å². The number of aromatic amines is 2. The second-order valence-corrected chi connectivity index (χ2v) is 20.6. The van der Waals surface area contributed by atoms with Crippen LogP contribution in [0.25, 0.3) is 89.7 Å². The number of hydroxylamine groups is 2. The Hall–Kier alpha value is -10.3. The summed E-state index contributed by atoms with van der Waals surface area (Å²) in [5.41, 5.74) is 6.47. The highest BCUT2D eigenvalue weighted by molar-refractivity contribution is 6.07. The van der Waals surface area contributed by atoms with Gasteiger partial charge in [0, 0.05) is 102 Å². The number of fused-ring (bicyclic) bond motifs is 20. The molecule has 0 spiro atoms. The minimum Gasteiger partial charge on any atom is -0.481 e. The zero-order chi connectivity index (χ0) is 59.5. The molecular weight excluding hydrogens is 1090 g/mol. The first-order chi connectivity index (χ1) is 40.2. The molecule has 0 aliphatic carbocycles. The predicted molar refractivity (Wildman–Crippen MR) is 297 cm³/mol. The van der Waals surface area contributed by atoms with Crippen LogP contribution >= 0.6 is 0 Å². The summed E-state index contributed by atoms with van der Waals surface area (Å²) in [7, 11) is 0. The maximum atomic E-state index is 12.7. The molecule has 25 heteroatoms. The largest absolute Gasteiger partial charge is 0.481 e. The molecule has 430 valence electrons. The number of nitrogens with one attached hydrogen (secondary N) is 2. The summed E-state index contributed by atoms with van der Waals surface area (Å²) < 4.78 is 0. The van der Waals surface area contributed by atoms with Gasteiger partial charge >= 0.3 is 41.8 Å². The number of aromatic nitrogens is 8. The molecular formula is C59H53N9O16. The van der Waals surface area contributed by atoms with Crippen LogP contribution in [0.15, 0.2) is 54.6 Å². The van der Waals surface area contributed by atoms with Crippen molar-refractivity contribution < 1.29 is 78.6 Å². The highest BCUT2D eigenvalue weighted by atomic mass is 16.7. The number of hydrogen-bond donors (Lipinski definition) is 8. The molecule has 4 aromatic carbocycles. The first kappa shape index (κ1) is 56.9. The second-order valence-electron chi connectivity index (χ2n) is 20.6. The average molecular weight is 1140 g/mol. The van der Waals surface area contributed by atoms with Gasteiger partial charge in [0.2, 0.25) is 0 Å². The van der Waals surface area contributed by atoms with Crippen LogP contribution in [-0.2, 0) is 92.9 Å². The Morgan fingerprint density at radius 1 is 0.393 bits per heavy atom. The highest BCUT2D eigenvalue weighted by Gasteiger charge is 2.33. The number of carbonyl (C=O) groups excluding carboxylic acids is 3. The number of nitrogens with zero attached hydrogens (tertiary/aromatic N) is 7. The number of imide groups is 1. The first-order valence-corrected chi connectivity index (χ1v) is 27.1. The summed E-state index contributed by atoms with van der Waals surface area (Å²) in [5.74, 6) is -8.00. The van der Waals surface area contributed by atoms with Crippen molar-refractivity contribution in [1.82, 2.24) is 44.9 Å². The SMILES string of the molecule is O=C(O)CCc1cc2c(cc1CCC(=O)O)-c1nc-2nc2[nH]c(nc3nc(nc4[nH]c(n1)c1cc(CCC(=O)O)c(CCC(=O)O)cc41)-c1cc(CCC(=O)O)c(CCC(=O)O)cc1-3)c1cc(CCCCC(=O)ON3C(=O)CCC3=O)ccc21. The van der Waals surface area contributed by atoms with Gasteiger partial charge in [-0.05, 0) is 139 Å². The van der Waals surface area contributed by atoms with Crippen molar-refractivity contribution in [1.29, 1.82) is 0 Å². The van der Waals surface area contributed by atoms with E-state index in [0.29, 0.717) is 102 Å². The summed E-state index contributed by atoms with van der Waals surface area (Å²) in [6, 6.07) is 15.9. The molecule has 6 heterocycles. The number of carboxylic acid groups (broad SMARTS) is 6. The predicted octanol–water partition coefficient (Wildman–Crippen LogP) is 7.29.